The summed E-state index contributed by atoms with van der Waals surface area (Å²) in [5.74, 6) is 0.874. The Balaban J connectivity index is 2.02. The van der Waals surface area contributed by atoms with E-state index in [1.54, 1.807) is 12.3 Å². The number of anilines is 1. The molecule has 1 heterocycles. The summed E-state index contributed by atoms with van der Waals surface area (Å²) in [6.45, 7) is 3.04. The van der Waals surface area contributed by atoms with Gasteiger partial charge in [-0.25, -0.2) is 4.98 Å². The van der Waals surface area contributed by atoms with Crippen LogP contribution >= 0.6 is 15.9 Å². The first-order chi connectivity index (χ1) is 9.38. The smallest absolute Gasteiger partial charge is 0.383 e. The first-order valence-electron chi connectivity index (χ1n) is 5.96. The molecular weight excluding hydrogens is 335 g/mol. The van der Waals surface area contributed by atoms with E-state index < -0.39 is 11.7 Å². The van der Waals surface area contributed by atoms with Crippen LogP contribution in [0, 0.1) is 6.92 Å². The SMILES string of the molecule is Cc1nccn1CCNc1ccc(Br)c(C(F)(F)F)c1. The summed E-state index contributed by atoms with van der Waals surface area (Å²) < 4.78 is 40.2. The van der Waals surface area contributed by atoms with Gasteiger partial charge >= 0.3 is 6.18 Å². The van der Waals surface area contributed by atoms with Gasteiger partial charge in [0.25, 0.3) is 0 Å². The molecule has 0 spiro atoms. The van der Waals surface area contributed by atoms with Crippen LogP contribution in [0.25, 0.3) is 0 Å². The van der Waals surface area contributed by atoms with E-state index in [0.29, 0.717) is 18.8 Å². The topological polar surface area (TPSA) is 29.9 Å². The van der Waals surface area contributed by atoms with E-state index in [2.05, 4.69) is 26.2 Å². The summed E-state index contributed by atoms with van der Waals surface area (Å²) in [5, 5.41) is 2.98. The van der Waals surface area contributed by atoms with Crippen LogP contribution in [0.3, 0.4) is 0 Å². The molecule has 2 rings (SSSR count). The molecule has 0 amide bonds. The first-order valence-corrected chi connectivity index (χ1v) is 6.75. The predicted molar refractivity (Wildman–Crippen MR) is 74.6 cm³/mol. The van der Waals surface area contributed by atoms with Crippen LogP contribution in [0.5, 0.6) is 0 Å². The fourth-order valence-electron chi connectivity index (χ4n) is 1.81. The van der Waals surface area contributed by atoms with Crippen molar-refractivity contribution in [2.75, 3.05) is 11.9 Å². The number of halogens is 4. The summed E-state index contributed by atoms with van der Waals surface area (Å²) >= 11 is 2.92. The quantitative estimate of drug-likeness (QED) is 0.902. The number of benzene rings is 1. The highest BCUT2D eigenvalue weighted by atomic mass is 79.9. The van der Waals surface area contributed by atoms with E-state index in [9.17, 15) is 13.2 Å². The number of nitrogens with zero attached hydrogens (tertiary/aromatic N) is 2. The Labute approximate surface area is 123 Å². The van der Waals surface area contributed by atoms with E-state index in [1.165, 1.54) is 6.07 Å². The Kier molecular flexibility index (Phi) is 4.37. The minimum absolute atomic E-state index is 0.0426. The van der Waals surface area contributed by atoms with Crippen LogP contribution in [-0.4, -0.2) is 16.1 Å². The van der Waals surface area contributed by atoms with Crippen LogP contribution in [0.1, 0.15) is 11.4 Å². The van der Waals surface area contributed by atoms with Crippen LogP contribution < -0.4 is 5.32 Å². The number of imidazole rings is 1. The molecule has 0 unspecified atom stereocenters. The van der Waals surface area contributed by atoms with Crippen molar-refractivity contribution >= 4 is 21.6 Å². The number of hydrogen-bond donors (Lipinski definition) is 1. The third-order valence-corrected chi connectivity index (χ3v) is 3.57. The summed E-state index contributed by atoms with van der Waals surface area (Å²) in [7, 11) is 0. The monoisotopic (exact) mass is 347 g/mol. The summed E-state index contributed by atoms with van der Waals surface area (Å²) in [4.78, 5) is 4.08. The molecule has 2 aromatic rings. The van der Waals surface area contributed by atoms with Crippen molar-refractivity contribution in [3.8, 4) is 0 Å². The largest absolute Gasteiger partial charge is 0.417 e. The van der Waals surface area contributed by atoms with Gasteiger partial charge in [0.1, 0.15) is 5.82 Å². The molecule has 0 bridgehead atoms. The lowest BCUT2D eigenvalue weighted by molar-refractivity contribution is -0.138. The molecule has 20 heavy (non-hydrogen) atoms. The second-order valence-corrected chi connectivity index (χ2v) is 5.14. The fourth-order valence-corrected chi connectivity index (χ4v) is 2.28. The molecule has 108 valence electrons. The maximum Gasteiger partial charge on any atom is 0.417 e. The van der Waals surface area contributed by atoms with Gasteiger partial charge in [-0.3, -0.25) is 0 Å². The van der Waals surface area contributed by atoms with E-state index in [4.69, 9.17) is 0 Å². The maximum atomic E-state index is 12.8. The Morgan fingerprint density at radius 2 is 2.10 bits per heavy atom. The second kappa shape index (κ2) is 5.87. The summed E-state index contributed by atoms with van der Waals surface area (Å²) in [6.07, 6.45) is -0.839. The van der Waals surface area contributed by atoms with Crippen molar-refractivity contribution in [1.29, 1.82) is 0 Å². The molecule has 0 saturated carbocycles. The van der Waals surface area contributed by atoms with Crippen LogP contribution in [0.2, 0.25) is 0 Å². The van der Waals surface area contributed by atoms with Crippen molar-refractivity contribution < 1.29 is 13.2 Å². The maximum absolute atomic E-state index is 12.8. The van der Waals surface area contributed by atoms with Crippen molar-refractivity contribution in [2.24, 2.45) is 0 Å². The second-order valence-electron chi connectivity index (χ2n) is 4.29. The highest BCUT2D eigenvalue weighted by Crippen LogP contribution is 2.36. The molecule has 7 heteroatoms. The average Bonchev–Trinajstić information content (AvgIpc) is 2.76. The Morgan fingerprint density at radius 1 is 1.35 bits per heavy atom. The van der Waals surface area contributed by atoms with E-state index in [1.807, 2.05) is 17.7 Å². The molecule has 0 saturated heterocycles. The fraction of sp³-hybridized carbons (Fsp3) is 0.308. The molecule has 0 fully saturated rings. The third-order valence-electron chi connectivity index (χ3n) is 2.88. The summed E-state index contributed by atoms with van der Waals surface area (Å²) in [6, 6.07) is 4.11. The Morgan fingerprint density at radius 3 is 2.70 bits per heavy atom. The van der Waals surface area contributed by atoms with Crippen molar-refractivity contribution in [3.63, 3.8) is 0 Å². The minimum Gasteiger partial charge on any atom is -0.383 e. The number of hydrogen-bond acceptors (Lipinski definition) is 2. The molecule has 3 nitrogen and oxygen atoms in total. The third kappa shape index (κ3) is 3.53. The number of aryl methyl sites for hydroxylation is 1. The Bertz CT molecular complexity index is 593. The standard InChI is InChI=1S/C13H13BrF3N3/c1-9-18-4-6-20(9)7-5-19-10-2-3-12(14)11(8-10)13(15,16)17/h2-4,6,8,19H,5,7H2,1H3. The van der Waals surface area contributed by atoms with E-state index in [-0.39, 0.29) is 4.47 Å². The van der Waals surface area contributed by atoms with Gasteiger partial charge in [0.2, 0.25) is 0 Å². The minimum atomic E-state index is -4.36. The van der Waals surface area contributed by atoms with Gasteiger partial charge in [0.15, 0.2) is 0 Å². The zero-order valence-electron chi connectivity index (χ0n) is 10.7. The molecule has 0 radical (unpaired) electrons. The summed E-state index contributed by atoms with van der Waals surface area (Å²) in [5.41, 5.74) is -0.236. The molecule has 1 N–H and O–H groups in total. The van der Waals surface area contributed by atoms with Crippen LogP contribution in [0.4, 0.5) is 18.9 Å². The highest BCUT2D eigenvalue weighted by Gasteiger charge is 2.33. The van der Waals surface area contributed by atoms with Crippen molar-refractivity contribution in [2.45, 2.75) is 19.6 Å². The van der Waals surface area contributed by atoms with Gasteiger partial charge in [-0.2, -0.15) is 13.2 Å². The lowest BCUT2D eigenvalue weighted by Gasteiger charge is -2.13. The number of alkyl halides is 3. The zero-order chi connectivity index (χ0) is 14.8. The van der Waals surface area contributed by atoms with Crippen molar-refractivity contribution in [1.82, 2.24) is 9.55 Å². The molecule has 1 aromatic carbocycles. The highest BCUT2D eigenvalue weighted by molar-refractivity contribution is 9.10. The first kappa shape index (κ1) is 14.9. The normalized spacial score (nSPS) is 11.7. The van der Waals surface area contributed by atoms with Crippen LogP contribution in [-0.2, 0) is 12.7 Å². The van der Waals surface area contributed by atoms with E-state index >= 15 is 0 Å². The van der Waals surface area contributed by atoms with E-state index in [0.717, 1.165) is 11.9 Å². The molecule has 1 aromatic heterocycles. The molecule has 0 aliphatic carbocycles. The zero-order valence-corrected chi connectivity index (χ0v) is 12.3. The van der Waals surface area contributed by atoms with Crippen molar-refractivity contribution in [3.05, 3.63) is 46.5 Å². The lowest BCUT2D eigenvalue weighted by atomic mass is 10.2. The Hall–Kier alpha value is -1.50. The lowest BCUT2D eigenvalue weighted by Crippen LogP contribution is -2.12. The van der Waals surface area contributed by atoms with Gasteiger partial charge < -0.3 is 9.88 Å². The average molecular weight is 348 g/mol. The van der Waals surface area contributed by atoms with Crippen LogP contribution in [0.15, 0.2) is 35.1 Å². The van der Waals surface area contributed by atoms with Gasteiger partial charge in [-0.1, -0.05) is 15.9 Å². The molecule has 0 atom stereocenters. The number of aromatic nitrogens is 2. The molecular formula is C13H13BrF3N3. The predicted octanol–water partition coefficient (Wildman–Crippen LogP) is 4.08. The molecule has 0 aliphatic rings. The number of rotatable bonds is 4. The van der Waals surface area contributed by atoms with Gasteiger partial charge in [-0.05, 0) is 25.1 Å². The van der Waals surface area contributed by atoms with Gasteiger partial charge in [0.05, 0.1) is 5.56 Å². The number of nitrogens with one attached hydrogen (secondary N) is 1. The molecule has 0 aliphatic heterocycles. The van der Waals surface area contributed by atoms with Gasteiger partial charge in [-0.15, -0.1) is 0 Å². The van der Waals surface area contributed by atoms with Gasteiger partial charge in [0, 0.05) is 35.6 Å².